The largest absolute Gasteiger partial charge is 0.507 e. The predicted molar refractivity (Wildman–Crippen MR) is 72.5 cm³/mol. The standard InChI is InChI=1S/C14H18O8.5Ac/c1-6(16)10-7(17)3-2-4-8(10)21-14-13(20)12(19)11(18)9(5-15)22-14;;;;;/h2-4,9,11-15,17-20H,5H2,1H3;;;;;/t9-,11?,12?,13?,14?;;;;;/m1...../s1. The smallest absolute Gasteiger partial charge is 0.229 e. The molecule has 0 bridgehead atoms. The fraction of sp³-hybridized carbons (Fsp3) is 0.500. The molecule has 13 heteroatoms. The summed E-state index contributed by atoms with van der Waals surface area (Å²) in [6, 6.07) is 4.12. The van der Waals surface area contributed by atoms with Crippen molar-refractivity contribution in [2.24, 2.45) is 0 Å². The van der Waals surface area contributed by atoms with Crippen molar-refractivity contribution < 1.29 is 260 Å². The molecule has 0 aromatic heterocycles. The van der Waals surface area contributed by atoms with E-state index in [4.69, 9.17) is 14.6 Å². The molecule has 4 unspecified atom stereocenters. The van der Waals surface area contributed by atoms with Gasteiger partial charge in [-0.3, -0.25) is 4.79 Å². The first-order valence-corrected chi connectivity index (χ1v) is 6.67. The topological polar surface area (TPSA) is 137 Å². The first kappa shape index (κ1) is 39.7. The van der Waals surface area contributed by atoms with E-state index >= 15 is 0 Å². The molecule has 1 fully saturated rings. The second kappa shape index (κ2) is 19.8. The number of aliphatic hydroxyl groups is 4. The Morgan fingerprint density at radius 3 is 2.07 bits per heavy atom. The van der Waals surface area contributed by atoms with E-state index < -0.39 is 43.1 Å². The number of rotatable bonds is 4. The van der Waals surface area contributed by atoms with Crippen LogP contribution < -0.4 is 4.74 Å². The van der Waals surface area contributed by atoms with Gasteiger partial charge in [0.2, 0.25) is 6.29 Å². The molecule has 5 N–H and O–H groups in total. The SMILES string of the molecule is CC(=O)c1c(O)cccc1OC1O[C@H](CO)C(O)C(O)C1O.[Ac].[Ac].[Ac].[Ac].[Ac]. The number of carbonyl (C=O) groups is 1. The molecule has 0 aliphatic carbocycles. The van der Waals surface area contributed by atoms with Crippen molar-refractivity contribution in [2.75, 3.05) is 6.61 Å². The molecule has 1 aliphatic rings. The Morgan fingerprint density at radius 2 is 1.59 bits per heavy atom. The predicted octanol–water partition coefficient (Wildman–Crippen LogP) is -1.23. The van der Waals surface area contributed by atoms with Crippen LogP contribution in [0, 0.1) is 220 Å². The van der Waals surface area contributed by atoms with E-state index in [2.05, 4.69) is 0 Å². The Labute approximate surface area is 336 Å². The van der Waals surface area contributed by atoms with Gasteiger partial charge in [-0.2, -0.15) is 0 Å². The fourth-order valence-electron chi connectivity index (χ4n) is 2.26. The maximum absolute atomic E-state index is 11.6. The number of phenols is 1. The van der Waals surface area contributed by atoms with Crippen LogP contribution >= 0.6 is 0 Å². The van der Waals surface area contributed by atoms with Crippen molar-refractivity contribution >= 4 is 5.78 Å². The molecule has 1 aliphatic heterocycles. The van der Waals surface area contributed by atoms with E-state index in [1.165, 1.54) is 25.1 Å². The molecule has 5 radical (unpaired) electrons. The van der Waals surface area contributed by atoms with Crippen LogP contribution in [0.1, 0.15) is 17.3 Å². The van der Waals surface area contributed by atoms with Crippen LogP contribution in [0.25, 0.3) is 0 Å². The third-order valence-corrected chi connectivity index (χ3v) is 3.45. The summed E-state index contributed by atoms with van der Waals surface area (Å²) >= 11 is 0. The van der Waals surface area contributed by atoms with Crippen molar-refractivity contribution in [1.29, 1.82) is 0 Å². The van der Waals surface area contributed by atoms with Crippen molar-refractivity contribution in [3.63, 3.8) is 0 Å². The molecule has 1 aromatic carbocycles. The third-order valence-electron chi connectivity index (χ3n) is 3.45. The molecule has 1 saturated heterocycles. The van der Waals surface area contributed by atoms with Crippen LogP contribution in [-0.2, 0) is 4.74 Å². The second-order valence-corrected chi connectivity index (χ2v) is 5.02. The molecule has 1 aromatic rings. The van der Waals surface area contributed by atoms with Gasteiger partial charge in [-0.15, -0.1) is 0 Å². The van der Waals surface area contributed by atoms with Gasteiger partial charge < -0.3 is 35.0 Å². The number of ether oxygens (including phenoxy) is 2. The first-order chi connectivity index (χ1) is 10.4. The zero-order valence-corrected chi connectivity index (χ0v) is 38.4. The monoisotopic (exact) mass is 1450 g/mol. The molecule has 2 rings (SSSR count). The van der Waals surface area contributed by atoms with E-state index in [9.17, 15) is 25.2 Å². The van der Waals surface area contributed by atoms with Crippen molar-refractivity contribution in [2.45, 2.75) is 37.6 Å². The van der Waals surface area contributed by atoms with Gasteiger partial charge in [0, 0.05) is 220 Å². The third kappa shape index (κ3) is 11.2. The van der Waals surface area contributed by atoms with E-state index in [-0.39, 0.29) is 237 Å². The minimum absolute atomic E-state index is 0. The van der Waals surface area contributed by atoms with Crippen LogP contribution in [0.2, 0.25) is 0 Å². The number of carbonyl (C=O) groups excluding carboxylic acids is 1. The average molecular weight is 1450 g/mol. The molecule has 1 heterocycles. The van der Waals surface area contributed by atoms with Gasteiger partial charge in [-0.25, -0.2) is 0 Å². The van der Waals surface area contributed by atoms with Crippen molar-refractivity contribution in [3.05, 3.63) is 23.8 Å². The molecular formula is C14H18Ac5O8. The first-order valence-electron chi connectivity index (χ1n) is 6.67. The summed E-state index contributed by atoms with van der Waals surface area (Å²) in [6.45, 7) is 0.639. The minimum Gasteiger partial charge on any atom is -0.507 e. The Hall–Kier alpha value is 5.50. The molecule has 5 atom stereocenters. The maximum atomic E-state index is 11.6. The Balaban J connectivity index is -0.000000529. The number of aliphatic hydroxyl groups excluding tert-OH is 4. The molecular weight excluding hydrogens is 1430 g/mol. The summed E-state index contributed by atoms with van der Waals surface area (Å²) in [5, 5.41) is 48.1. The van der Waals surface area contributed by atoms with E-state index in [1.807, 2.05) is 0 Å². The van der Waals surface area contributed by atoms with Gasteiger partial charge in [0.15, 0.2) is 5.78 Å². The van der Waals surface area contributed by atoms with E-state index in [1.54, 1.807) is 0 Å². The molecule has 27 heavy (non-hydrogen) atoms. The van der Waals surface area contributed by atoms with Gasteiger partial charge in [0.25, 0.3) is 0 Å². The fourth-order valence-corrected chi connectivity index (χ4v) is 2.26. The normalized spacial score (nSPS) is 25.9. The molecule has 137 valence electrons. The molecule has 0 spiro atoms. The number of ketones is 1. The summed E-state index contributed by atoms with van der Waals surface area (Å²) in [4.78, 5) is 11.6. The van der Waals surface area contributed by atoms with Gasteiger partial charge >= 0.3 is 0 Å². The van der Waals surface area contributed by atoms with Crippen LogP contribution in [0.3, 0.4) is 0 Å². The summed E-state index contributed by atoms with van der Waals surface area (Å²) in [6.07, 6.45) is -7.23. The van der Waals surface area contributed by atoms with Crippen LogP contribution in [0.4, 0.5) is 0 Å². The number of Topliss-reactive ketones (excluding diaryl/α,β-unsaturated/α-hetero) is 1. The van der Waals surface area contributed by atoms with Crippen LogP contribution in [-0.4, -0.2) is 68.6 Å². The summed E-state index contributed by atoms with van der Waals surface area (Å²) in [7, 11) is 0. The number of phenolic OH excluding ortho intramolecular Hbond substituents is 1. The minimum atomic E-state index is -1.60. The molecule has 0 amide bonds. The number of benzene rings is 1. The zero-order chi connectivity index (χ0) is 16.4. The van der Waals surface area contributed by atoms with Gasteiger partial charge in [-0.1, -0.05) is 6.07 Å². The zero-order valence-electron chi connectivity index (χ0n) is 14.7. The number of hydrogen-bond acceptors (Lipinski definition) is 8. The van der Waals surface area contributed by atoms with E-state index in [0.29, 0.717) is 0 Å². The van der Waals surface area contributed by atoms with Crippen LogP contribution in [0.15, 0.2) is 18.2 Å². The summed E-state index contributed by atoms with van der Waals surface area (Å²) in [5.41, 5.74) is -0.0977. The quantitative estimate of drug-likeness (QED) is 0.237. The molecule has 8 nitrogen and oxygen atoms in total. The van der Waals surface area contributed by atoms with E-state index in [0.717, 1.165) is 0 Å². The van der Waals surface area contributed by atoms with Gasteiger partial charge in [-0.05, 0) is 19.1 Å². The van der Waals surface area contributed by atoms with Crippen LogP contribution in [0.5, 0.6) is 11.5 Å². The number of hydrogen-bond donors (Lipinski definition) is 5. The van der Waals surface area contributed by atoms with Gasteiger partial charge in [0.05, 0.1) is 6.61 Å². The average Bonchev–Trinajstić information content (AvgIpc) is 2.47. The van der Waals surface area contributed by atoms with Crippen molar-refractivity contribution in [1.82, 2.24) is 0 Å². The Morgan fingerprint density at radius 1 is 1.04 bits per heavy atom. The van der Waals surface area contributed by atoms with Crippen molar-refractivity contribution in [3.8, 4) is 11.5 Å². The summed E-state index contributed by atoms with van der Waals surface area (Å²) in [5.74, 6) is -0.802. The Bertz CT molecular complexity index is 562. The van der Waals surface area contributed by atoms with Gasteiger partial charge in [0.1, 0.15) is 41.5 Å². The number of aromatic hydroxyl groups is 1. The second-order valence-electron chi connectivity index (χ2n) is 5.02. The Kier molecular flexibility index (Phi) is 29.1. The maximum Gasteiger partial charge on any atom is 0.229 e. The molecule has 0 saturated carbocycles. The summed E-state index contributed by atoms with van der Waals surface area (Å²) < 4.78 is 10.5.